The molecule has 0 unspecified atom stereocenters. The molecule has 0 heterocycles. The van der Waals surface area contributed by atoms with E-state index in [4.69, 9.17) is 0 Å². The smallest absolute Gasteiger partial charge is 0.235 e. The van der Waals surface area contributed by atoms with Crippen LogP contribution in [0.2, 0.25) is 0 Å². The lowest BCUT2D eigenvalue weighted by Gasteiger charge is -2.04. The maximum atomic E-state index is 11.0. The van der Waals surface area contributed by atoms with Crippen molar-refractivity contribution in [3.63, 3.8) is 0 Å². The van der Waals surface area contributed by atoms with Gasteiger partial charge in [-0.15, -0.1) is 0 Å². The van der Waals surface area contributed by atoms with Crippen LogP contribution in [-0.4, -0.2) is 33.7 Å². The summed E-state index contributed by atoms with van der Waals surface area (Å²) in [5.41, 5.74) is 0. The molecule has 0 spiro atoms. The van der Waals surface area contributed by atoms with Gasteiger partial charge in [0.2, 0.25) is 15.9 Å². The highest BCUT2D eigenvalue weighted by Crippen LogP contribution is 1.90. The first kappa shape index (κ1) is 13.4. The van der Waals surface area contributed by atoms with Crippen LogP contribution in [0.5, 0.6) is 0 Å². The van der Waals surface area contributed by atoms with Crippen molar-refractivity contribution in [3.05, 3.63) is 0 Å². The number of rotatable bonds is 7. The Kier molecular flexibility index (Phi) is 6.48. The van der Waals surface area contributed by atoms with Gasteiger partial charge < -0.3 is 5.32 Å². The molecule has 0 rings (SSSR count). The number of carbonyl (C=O) groups excluding carboxylic acids is 1. The summed E-state index contributed by atoms with van der Waals surface area (Å²) in [6.45, 7) is 2.51. The van der Waals surface area contributed by atoms with Gasteiger partial charge in [0, 0.05) is 6.54 Å². The van der Waals surface area contributed by atoms with E-state index in [0.29, 0.717) is 6.54 Å². The molecule has 2 N–H and O–H groups in total. The summed E-state index contributed by atoms with van der Waals surface area (Å²) in [6, 6.07) is 0. The first-order chi connectivity index (χ1) is 6.45. The number of amides is 1. The summed E-state index contributed by atoms with van der Waals surface area (Å²) in [5.74, 6) is -0.286. The molecule has 0 aliphatic carbocycles. The number of nitrogens with one attached hydrogen (secondary N) is 2. The predicted molar refractivity (Wildman–Crippen MR) is 55.4 cm³/mol. The Labute approximate surface area is 85.3 Å². The van der Waals surface area contributed by atoms with Crippen LogP contribution in [-0.2, 0) is 14.8 Å². The Hall–Kier alpha value is -0.620. The number of hydrogen-bond acceptors (Lipinski definition) is 3. The Morgan fingerprint density at radius 2 is 1.93 bits per heavy atom. The van der Waals surface area contributed by atoms with Crippen molar-refractivity contribution in [3.8, 4) is 0 Å². The van der Waals surface area contributed by atoms with Gasteiger partial charge in [0.25, 0.3) is 0 Å². The summed E-state index contributed by atoms with van der Waals surface area (Å²) in [6.07, 6.45) is 4.12. The van der Waals surface area contributed by atoms with Gasteiger partial charge in [0.15, 0.2) is 0 Å². The van der Waals surface area contributed by atoms with Crippen LogP contribution >= 0.6 is 0 Å². The fourth-order valence-corrected chi connectivity index (χ4v) is 1.26. The van der Waals surface area contributed by atoms with E-state index in [2.05, 4.69) is 17.0 Å². The molecule has 0 atom stereocenters. The van der Waals surface area contributed by atoms with Crippen LogP contribution < -0.4 is 10.0 Å². The van der Waals surface area contributed by atoms with Gasteiger partial charge >= 0.3 is 0 Å². The molecule has 0 aromatic carbocycles. The van der Waals surface area contributed by atoms with E-state index in [0.717, 1.165) is 25.5 Å². The first-order valence-corrected chi connectivity index (χ1v) is 6.56. The molecule has 0 aromatic heterocycles. The Bertz CT molecular complexity index is 262. The van der Waals surface area contributed by atoms with Crippen LogP contribution in [0.1, 0.15) is 26.2 Å². The third kappa shape index (κ3) is 9.47. The SMILES string of the molecule is CCCCCNC(=O)CNS(C)(=O)=O. The van der Waals surface area contributed by atoms with Gasteiger partial charge in [-0.2, -0.15) is 0 Å². The summed E-state index contributed by atoms with van der Waals surface area (Å²) in [7, 11) is -3.27. The van der Waals surface area contributed by atoms with Gasteiger partial charge in [-0.3, -0.25) is 4.79 Å². The van der Waals surface area contributed by atoms with Crippen LogP contribution in [0.25, 0.3) is 0 Å². The molecule has 0 radical (unpaired) electrons. The van der Waals surface area contributed by atoms with E-state index in [-0.39, 0.29) is 12.5 Å². The second-order valence-corrected chi connectivity index (χ2v) is 4.98. The van der Waals surface area contributed by atoms with E-state index in [1.807, 2.05) is 0 Å². The third-order valence-electron chi connectivity index (χ3n) is 1.60. The monoisotopic (exact) mass is 222 g/mol. The molecule has 84 valence electrons. The quantitative estimate of drug-likeness (QED) is 0.588. The van der Waals surface area contributed by atoms with Gasteiger partial charge in [-0.05, 0) is 6.42 Å². The molecule has 0 saturated heterocycles. The van der Waals surface area contributed by atoms with Crippen molar-refractivity contribution < 1.29 is 13.2 Å². The lowest BCUT2D eigenvalue weighted by atomic mass is 10.2. The molecule has 0 aromatic rings. The van der Waals surface area contributed by atoms with Crippen molar-refractivity contribution >= 4 is 15.9 Å². The number of sulfonamides is 1. The van der Waals surface area contributed by atoms with Crippen molar-refractivity contribution in [2.45, 2.75) is 26.2 Å². The van der Waals surface area contributed by atoms with Crippen LogP contribution in [0.15, 0.2) is 0 Å². The third-order valence-corrected chi connectivity index (χ3v) is 2.27. The maximum absolute atomic E-state index is 11.0. The van der Waals surface area contributed by atoms with Gasteiger partial charge in [0.1, 0.15) is 0 Å². The number of carbonyl (C=O) groups is 1. The molecule has 6 heteroatoms. The van der Waals surface area contributed by atoms with Crippen LogP contribution in [0.4, 0.5) is 0 Å². The van der Waals surface area contributed by atoms with E-state index < -0.39 is 10.0 Å². The highest BCUT2D eigenvalue weighted by Gasteiger charge is 2.04. The van der Waals surface area contributed by atoms with Gasteiger partial charge in [0.05, 0.1) is 12.8 Å². The van der Waals surface area contributed by atoms with Crippen LogP contribution in [0, 0.1) is 0 Å². The summed E-state index contributed by atoms with van der Waals surface area (Å²) in [5, 5.41) is 2.62. The fraction of sp³-hybridized carbons (Fsp3) is 0.875. The Morgan fingerprint density at radius 1 is 1.29 bits per heavy atom. The minimum Gasteiger partial charge on any atom is -0.355 e. The second kappa shape index (κ2) is 6.78. The normalized spacial score (nSPS) is 11.3. The zero-order chi connectivity index (χ0) is 11.0. The predicted octanol–water partition coefficient (Wildman–Crippen LogP) is -0.158. The number of hydrogen-bond donors (Lipinski definition) is 2. The second-order valence-electron chi connectivity index (χ2n) is 3.15. The van der Waals surface area contributed by atoms with Gasteiger partial charge in [-0.1, -0.05) is 19.8 Å². The summed E-state index contributed by atoms with van der Waals surface area (Å²) >= 11 is 0. The highest BCUT2D eigenvalue weighted by molar-refractivity contribution is 7.88. The first-order valence-electron chi connectivity index (χ1n) is 4.67. The van der Waals surface area contributed by atoms with Crippen LogP contribution in [0.3, 0.4) is 0 Å². The largest absolute Gasteiger partial charge is 0.355 e. The summed E-state index contributed by atoms with van der Waals surface area (Å²) < 4.78 is 23.4. The molecule has 0 bridgehead atoms. The topological polar surface area (TPSA) is 75.3 Å². The lowest BCUT2D eigenvalue weighted by molar-refractivity contribution is -0.119. The molecule has 14 heavy (non-hydrogen) atoms. The lowest BCUT2D eigenvalue weighted by Crippen LogP contribution is -2.36. The Balaban J connectivity index is 3.47. The summed E-state index contributed by atoms with van der Waals surface area (Å²) in [4.78, 5) is 11.0. The number of unbranched alkanes of at least 4 members (excludes halogenated alkanes) is 2. The molecule has 5 nitrogen and oxygen atoms in total. The maximum Gasteiger partial charge on any atom is 0.235 e. The minimum absolute atomic E-state index is 0.176. The van der Waals surface area contributed by atoms with Crippen molar-refractivity contribution in [1.29, 1.82) is 0 Å². The molecule has 0 saturated carbocycles. The van der Waals surface area contributed by atoms with E-state index >= 15 is 0 Å². The van der Waals surface area contributed by atoms with Crippen molar-refractivity contribution in [2.75, 3.05) is 19.3 Å². The average Bonchev–Trinajstić information content (AvgIpc) is 2.08. The van der Waals surface area contributed by atoms with Gasteiger partial charge in [-0.25, -0.2) is 13.1 Å². The highest BCUT2D eigenvalue weighted by atomic mass is 32.2. The Morgan fingerprint density at radius 3 is 2.43 bits per heavy atom. The molecule has 0 aliphatic rings. The zero-order valence-corrected chi connectivity index (χ0v) is 9.49. The van der Waals surface area contributed by atoms with Crippen molar-refractivity contribution in [1.82, 2.24) is 10.0 Å². The molecule has 1 amide bonds. The zero-order valence-electron chi connectivity index (χ0n) is 8.67. The van der Waals surface area contributed by atoms with E-state index in [1.54, 1.807) is 0 Å². The minimum atomic E-state index is -3.27. The molecular weight excluding hydrogens is 204 g/mol. The van der Waals surface area contributed by atoms with Crippen molar-refractivity contribution in [2.24, 2.45) is 0 Å². The molecule has 0 aliphatic heterocycles. The molecule has 0 fully saturated rings. The van der Waals surface area contributed by atoms with E-state index in [1.165, 1.54) is 0 Å². The van der Waals surface area contributed by atoms with E-state index in [9.17, 15) is 13.2 Å². The standard InChI is InChI=1S/C8H18N2O3S/c1-3-4-5-6-9-8(11)7-10-14(2,12)13/h10H,3-7H2,1-2H3,(H,9,11). The average molecular weight is 222 g/mol. The fourth-order valence-electron chi connectivity index (χ4n) is 0.862. The molecular formula is C8H18N2O3S.